The van der Waals surface area contributed by atoms with Crippen LogP contribution in [-0.2, 0) is 0 Å². The van der Waals surface area contributed by atoms with E-state index in [0.717, 1.165) is 21.5 Å². The summed E-state index contributed by atoms with van der Waals surface area (Å²) in [5.41, 5.74) is 11.5. The fraction of sp³-hybridized carbons (Fsp3) is 0.118. The first-order chi connectivity index (χ1) is 11.5. The number of thiophene rings is 1. The molecule has 0 radical (unpaired) electrons. The van der Waals surface area contributed by atoms with E-state index in [4.69, 9.17) is 5.73 Å². The molecule has 0 aliphatic heterocycles. The van der Waals surface area contributed by atoms with Gasteiger partial charge in [-0.25, -0.2) is 14.8 Å². The van der Waals surface area contributed by atoms with Gasteiger partial charge in [-0.3, -0.25) is 4.79 Å². The van der Waals surface area contributed by atoms with Crippen molar-refractivity contribution in [2.24, 2.45) is 5.10 Å². The third kappa shape index (κ3) is 3.11. The van der Waals surface area contributed by atoms with Gasteiger partial charge in [-0.1, -0.05) is 12.1 Å². The Balaban J connectivity index is 1.82. The van der Waals surface area contributed by atoms with E-state index in [9.17, 15) is 9.18 Å². The van der Waals surface area contributed by atoms with E-state index in [-0.39, 0.29) is 5.82 Å². The normalized spacial score (nSPS) is 11.3. The summed E-state index contributed by atoms with van der Waals surface area (Å²) in [5.74, 6) is -0.724. The van der Waals surface area contributed by atoms with Crippen LogP contribution in [0.2, 0.25) is 0 Å². The molecule has 2 aromatic heterocycles. The standard InChI is InChI=1S/C17H15FN4OS/c1-9-7-10(2)21-17-13(9)14(19)15(24-17)16(23)22-20-8-11-3-5-12(18)6-4-11/h3-8H,19H2,1-2H3,(H,22,23)/b20-8-. The number of amides is 1. The second-order valence-electron chi connectivity index (χ2n) is 5.36. The maximum Gasteiger partial charge on any atom is 0.283 e. The Morgan fingerprint density at radius 3 is 2.75 bits per heavy atom. The minimum atomic E-state index is -0.397. The fourth-order valence-corrected chi connectivity index (χ4v) is 3.51. The third-order valence-electron chi connectivity index (χ3n) is 3.48. The molecule has 7 heteroatoms. The highest BCUT2D eigenvalue weighted by Crippen LogP contribution is 2.34. The number of aromatic nitrogens is 1. The molecule has 5 nitrogen and oxygen atoms in total. The van der Waals surface area contributed by atoms with Crippen LogP contribution in [0.25, 0.3) is 10.2 Å². The zero-order valence-electron chi connectivity index (χ0n) is 13.1. The highest BCUT2D eigenvalue weighted by atomic mass is 32.1. The van der Waals surface area contributed by atoms with Gasteiger partial charge in [0.05, 0.1) is 11.9 Å². The quantitative estimate of drug-likeness (QED) is 0.565. The lowest BCUT2D eigenvalue weighted by atomic mass is 10.1. The number of benzene rings is 1. The molecule has 1 amide bonds. The summed E-state index contributed by atoms with van der Waals surface area (Å²) < 4.78 is 12.8. The van der Waals surface area contributed by atoms with Crippen LogP contribution in [0.15, 0.2) is 35.4 Å². The molecule has 2 heterocycles. The molecule has 24 heavy (non-hydrogen) atoms. The average Bonchev–Trinajstić information content (AvgIpc) is 2.86. The molecule has 0 unspecified atom stereocenters. The Bertz CT molecular complexity index is 947. The van der Waals surface area contributed by atoms with E-state index in [1.165, 1.54) is 29.7 Å². The number of hydrazone groups is 1. The van der Waals surface area contributed by atoms with E-state index in [0.29, 0.717) is 16.1 Å². The summed E-state index contributed by atoms with van der Waals surface area (Å²) in [6.45, 7) is 3.84. The van der Waals surface area contributed by atoms with E-state index >= 15 is 0 Å². The van der Waals surface area contributed by atoms with Crippen LogP contribution >= 0.6 is 11.3 Å². The molecule has 0 saturated heterocycles. The summed E-state index contributed by atoms with van der Waals surface area (Å²) >= 11 is 1.24. The molecule has 3 rings (SSSR count). The minimum Gasteiger partial charge on any atom is -0.397 e. The predicted molar refractivity (Wildman–Crippen MR) is 95.0 cm³/mol. The lowest BCUT2D eigenvalue weighted by Gasteiger charge is -2.00. The lowest BCUT2D eigenvalue weighted by molar-refractivity contribution is 0.0960. The molecule has 122 valence electrons. The molecule has 0 bridgehead atoms. The highest BCUT2D eigenvalue weighted by molar-refractivity contribution is 7.21. The number of fused-ring (bicyclic) bond motifs is 1. The molecule has 0 aliphatic carbocycles. The molecule has 0 atom stereocenters. The molecular weight excluding hydrogens is 327 g/mol. The lowest BCUT2D eigenvalue weighted by Crippen LogP contribution is -2.17. The number of nitrogens with two attached hydrogens (primary N) is 1. The van der Waals surface area contributed by atoms with Crippen LogP contribution in [0.1, 0.15) is 26.5 Å². The van der Waals surface area contributed by atoms with Gasteiger partial charge in [0.15, 0.2) is 0 Å². The number of nitrogens with one attached hydrogen (secondary N) is 1. The molecule has 3 N–H and O–H groups in total. The summed E-state index contributed by atoms with van der Waals surface area (Å²) in [6, 6.07) is 7.71. The van der Waals surface area contributed by atoms with Gasteiger partial charge in [0.25, 0.3) is 5.91 Å². The largest absolute Gasteiger partial charge is 0.397 e. The van der Waals surface area contributed by atoms with Crippen LogP contribution in [-0.4, -0.2) is 17.1 Å². The van der Waals surface area contributed by atoms with E-state index in [1.54, 1.807) is 12.1 Å². The van der Waals surface area contributed by atoms with Crippen molar-refractivity contribution < 1.29 is 9.18 Å². The Kier molecular flexibility index (Phi) is 4.26. The first-order valence-corrected chi connectivity index (χ1v) is 8.02. The average molecular weight is 342 g/mol. The molecule has 0 spiro atoms. The van der Waals surface area contributed by atoms with Crippen molar-refractivity contribution in [3.63, 3.8) is 0 Å². The van der Waals surface area contributed by atoms with Crippen LogP contribution in [0.4, 0.5) is 10.1 Å². The number of nitrogens with zero attached hydrogens (tertiary/aromatic N) is 2. The van der Waals surface area contributed by atoms with Crippen molar-refractivity contribution in [2.45, 2.75) is 13.8 Å². The number of hydrogen-bond acceptors (Lipinski definition) is 5. The molecule has 1 aromatic carbocycles. The number of pyridine rings is 1. The van der Waals surface area contributed by atoms with Crippen LogP contribution < -0.4 is 11.2 Å². The number of halogens is 1. The van der Waals surface area contributed by atoms with Crippen molar-refractivity contribution in [1.29, 1.82) is 0 Å². The Hall–Kier alpha value is -2.80. The Morgan fingerprint density at radius 1 is 1.33 bits per heavy atom. The van der Waals surface area contributed by atoms with Crippen LogP contribution in [0, 0.1) is 19.7 Å². The maximum atomic E-state index is 12.8. The van der Waals surface area contributed by atoms with Crippen LogP contribution in [0.3, 0.4) is 0 Å². The van der Waals surface area contributed by atoms with Crippen LogP contribution in [0.5, 0.6) is 0 Å². The summed E-state index contributed by atoms with van der Waals surface area (Å²) in [5, 5.41) is 4.69. The van der Waals surface area contributed by atoms with Crippen molar-refractivity contribution in [2.75, 3.05) is 5.73 Å². The van der Waals surface area contributed by atoms with E-state index in [2.05, 4.69) is 15.5 Å². The van der Waals surface area contributed by atoms with Gasteiger partial charge in [-0.05, 0) is 43.2 Å². The van der Waals surface area contributed by atoms with Gasteiger partial charge >= 0.3 is 0 Å². The SMILES string of the molecule is Cc1cc(C)c2c(N)c(C(=O)N/N=C\c3ccc(F)cc3)sc2n1. The molecular formula is C17H15FN4OS. The zero-order chi connectivity index (χ0) is 17.3. The zero-order valence-corrected chi connectivity index (χ0v) is 13.9. The third-order valence-corrected chi connectivity index (χ3v) is 4.58. The van der Waals surface area contributed by atoms with Gasteiger partial charge in [-0.2, -0.15) is 5.10 Å². The second-order valence-corrected chi connectivity index (χ2v) is 6.36. The van der Waals surface area contributed by atoms with E-state index in [1.807, 2.05) is 19.9 Å². The fourth-order valence-electron chi connectivity index (χ4n) is 2.40. The first kappa shape index (κ1) is 16.1. The molecule has 3 aromatic rings. The summed E-state index contributed by atoms with van der Waals surface area (Å²) in [6.07, 6.45) is 1.44. The van der Waals surface area contributed by atoms with Gasteiger partial charge < -0.3 is 5.73 Å². The number of carbonyl (C=O) groups excluding carboxylic acids is 1. The van der Waals surface area contributed by atoms with Crippen molar-refractivity contribution in [3.05, 3.63) is 57.8 Å². The number of nitrogen functional groups attached to an aromatic ring is 1. The second kappa shape index (κ2) is 6.37. The van der Waals surface area contributed by atoms with Crippen molar-refractivity contribution in [3.8, 4) is 0 Å². The monoisotopic (exact) mass is 342 g/mol. The summed E-state index contributed by atoms with van der Waals surface area (Å²) in [7, 11) is 0. The van der Waals surface area contributed by atoms with Crippen molar-refractivity contribution >= 4 is 39.4 Å². The van der Waals surface area contributed by atoms with Gasteiger partial charge in [0, 0.05) is 11.1 Å². The van der Waals surface area contributed by atoms with Crippen molar-refractivity contribution in [1.82, 2.24) is 10.4 Å². The number of anilines is 1. The smallest absolute Gasteiger partial charge is 0.283 e. The number of rotatable bonds is 3. The number of carbonyl (C=O) groups is 1. The van der Waals surface area contributed by atoms with Gasteiger partial charge in [0.1, 0.15) is 15.5 Å². The minimum absolute atomic E-state index is 0.326. The highest BCUT2D eigenvalue weighted by Gasteiger charge is 2.18. The Morgan fingerprint density at radius 2 is 2.04 bits per heavy atom. The van der Waals surface area contributed by atoms with Gasteiger partial charge in [0.2, 0.25) is 0 Å². The maximum absolute atomic E-state index is 12.8. The molecule has 0 fully saturated rings. The summed E-state index contributed by atoms with van der Waals surface area (Å²) in [4.78, 5) is 17.8. The van der Waals surface area contributed by atoms with Gasteiger partial charge in [-0.15, -0.1) is 11.3 Å². The Labute approximate surface area is 142 Å². The number of hydrogen-bond donors (Lipinski definition) is 2. The topological polar surface area (TPSA) is 80.4 Å². The number of aryl methyl sites for hydroxylation is 2. The first-order valence-electron chi connectivity index (χ1n) is 7.21. The molecule has 0 aliphatic rings. The molecule has 0 saturated carbocycles. The predicted octanol–water partition coefficient (Wildman–Crippen LogP) is 3.40. The van der Waals surface area contributed by atoms with E-state index < -0.39 is 5.91 Å².